The third-order valence-electron chi connectivity index (χ3n) is 7.55. The first-order valence-corrected chi connectivity index (χ1v) is 13.0. The van der Waals surface area contributed by atoms with Crippen molar-refractivity contribution in [2.75, 3.05) is 11.9 Å². The number of anilines is 1. The fourth-order valence-electron chi connectivity index (χ4n) is 5.52. The van der Waals surface area contributed by atoms with Crippen molar-refractivity contribution in [1.29, 1.82) is 5.41 Å². The topological polar surface area (TPSA) is 118 Å². The minimum atomic E-state index is -1.37. The van der Waals surface area contributed by atoms with Crippen LogP contribution < -0.4 is 10.6 Å². The Labute approximate surface area is 236 Å². The average Bonchev–Trinajstić information content (AvgIpc) is 3.59. The van der Waals surface area contributed by atoms with Gasteiger partial charge in [-0.2, -0.15) is 0 Å². The van der Waals surface area contributed by atoms with Crippen molar-refractivity contribution in [1.82, 2.24) is 15.2 Å². The summed E-state index contributed by atoms with van der Waals surface area (Å²) in [5.41, 5.74) is -0.150. The highest BCUT2D eigenvalue weighted by atomic mass is 35.5. The van der Waals surface area contributed by atoms with Gasteiger partial charge in [0, 0.05) is 41.5 Å². The lowest BCUT2D eigenvalue weighted by molar-refractivity contribution is -0.129. The van der Waals surface area contributed by atoms with Gasteiger partial charge >= 0.3 is 0 Å². The molecular formula is C29H21ClF3N5O3. The summed E-state index contributed by atoms with van der Waals surface area (Å²) >= 11 is 6.18. The smallest absolute Gasteiger partial charge is 0.268 e. The number of amidine groups is 1. The van der Waals surface area contributed by atoms with Crippen molar-refractivity contribution in [3.05, 3.63) is 100.0 Å². The van der Waals surface area contributed by atoms with Gasteiger partial charge in [-0.1, -0.05) is 29.8 Å². The molecule has 2 aliphatic rings. The fourth-order valence-corrected chi connectivity index (χ4v) is 5.69. The van der Waals surface area contributed by atoms with Gasteiger partial charge in [0.1, 0.15) is 40.4 Å². The lowest BCUT2D eigenvalue weighted by atomic mass is 9.81. The SMILES string of the molecule is N=C1C[C@@]2(CN1C(=O)[C@H](Cc1ccccc1F)NC(=O)c1cc3c(F)cc(F)cc3[nH]1)C(=O)Nc1ccc(Cl)cc12. The summed E-state index contributed by atoms with van der Waals surface area (Å²) in [6.07, 6.45) is -0.364. The van der Waals surface area contributed by atoms with Crippen molar-refractivity contribution < 1.29 is 27.6 Å². The largest absolute Gasteiger partial charge is 0.350 e. The number of benzene rings is 3. The molecule has 6 rings (SSSR count). The summed E-state index contributed by atoms with van der Waals surface area (Å²) in [6, 6.07) is 12.1. The summed E-state index contributed by atoms with van der Waals surface area (Å²) < 4.78 is 42.5. The Kier molecular flexibility index (Phi) is 6.33. The van der Waals surface area contributed by atoms with Gasteiger partial charge < -0.3 is 15.6 Å². The monoisotopic (exact) mass is 579 g/mol. The van der Waals surface area contributed by atoms with E-state index >= 15 is 0 Å². The van der Waals surface area contributed by atoms with Crippen molar-refractivity contribution in [2.24, 2.45) is 0 Å². The number of hydrogen-bond donors (Lipinski definition) is 4. The Morgan fingerprint density at radius 1 is 1.07 bits per heavy atom. The molecule has 4 N–H and O–H groups in total. The van der Waals surface area contributed by atoms with Crippen LogP contribution in [0, 0.1) is 22.9 Å². The van der Waals surface area contributed by atoms with E-state index in [1.54, 1.807) is 24.3 Å². The number of rotatable bonds is 5. The second-order valence-corrected chi connectivity index (χ2v) is 10.6. The lowest BCUT2D eigenvalue weighted by Crippen LogP contribution is -2.51. The molecule has 3 heterocycles. The number of aromatic nitrogens is 1. The molecule has 0 unspecified atom stereocenters. The third kappa shape index (κ3) is 4.51. The fraction of sp³-hybridized carbons (Fsp3) is 0.172. The molecule has 3 amide bonds. The number of fused-ring (bicyclic) bond motifs is 3. The van der Waals surface area contributed by atoms with Crippen LogP contribution in [-0.2, 0) is 21.4 Å². The zero-order chi connectivity index (χ0) is 29.1. The van der Waals surface area contributed by atoms with Gasteiger partial charge in [-0.3, -0.25) is 24.7 Å². The summed E-state index contributed by atoms with van der Waals surface area (Å²) in [4.78, 5) is 44.0. The van der Waals surface area contributed by atoms with Crippen LogP contribution in [0.15, 0.2) is 60.7 Å². The summed E-state index contributed by atoms with van der Waals surface area (Å²) in [6.45, 7) is -0.190. The molecule has 0 radical (unpaired) electrons. The number of aromatic amines is 1. The van der Waals surface area contributed by atoms with E-state index in [-0.39, 0.29) is 47.4 Å². The Morgan fingerprint density at radius 2 is 1.85 bits per heavy atom. The van der Waals surface area contributed by atoms with Gasteiger partial charge in [-0.05, 0) is 47.5 Å². The van der Waals surface area contributed by atoms with E-state index in [2.05, 4.69) is 15.6 Å². The van der Waals surface area contributed by atoms with Gasteiger partial charge in [0.15, 0.2) is 0 Å². The van der Waals surface area contributed by atoms with Crippen LogP contribution in [0.4, 0.5) is 18.9 Å². The average molecular weight is 580 g/mol. The number of nitrogens with zero attached hydrogens (tertiary/aromatic N) is 1. The second kappa shape index (κ2) is 9.77. The summed E-state index contributed by atoms with van der Waals surface area (Å²) in [5.74, 6) is -4.43. The Balaban J connectivity index is 1.32. The molecule has 3 aromatic carbocycles. The van der Waals surface area contributed by atoms with E-state index in [0.717, 1.165) is 11.0 Å². The van der Waals surface area contributed by atoms with Crippen molar-refractivity contribution in [3.63, 3.8) is 0 Å². The molecule has 1 fully saturated rings. The van der Waals surface area contributed by atoms with Crippen LogP contribution in [0.1, 0.15) is 28.0 Å². The van der Waals surface area contributed by atoms with Gasteiger partial charge in [0.05, 0.1) is 5.52 Å². The maximum absolute atomic E-state index is 14.6. The third-order valence-corrected chi connectivity index (χ3v) is 7.79. The van der Waals surface area contributed by atoms with E-state index in [1.807, 2.05) is 0 Å². The molecule has 0 aliphatic carbocycles. The van der Waals surface area contributed by atoms with Crippen molar-refractivity contribution in [2.45, 2.75) is 24.3 Å². The zero-order valence-electron chi connectivity index (χ0n) is 21.2. The highest BCUT2D eigenvalue weighted by molar-refractivity contribution is 6.31. The summed E-state index contributed by atoms with van der Waals surface area (Å²) in [7, 11) is 0. The molecule has 4 aromatic rings. The predicted octanol–water partition coefficient (Wildman–Crippen LogP) is 4.68. The minimum absolute atomic E-state index is 0.0265. The molecule has 208 valence electrons. The number of nitrogens with one attached hydrogen (secondary N) is 4. The van der Waals surface area contributed by atoms with Crippen LogP contribution in [0.5, 0.6) is 0 Å². The van der Waals surface area contributed by atoms with E-state index in [0.29, 0.717) is 22.3 Å². The Bertz CT molecular complexity index is 1790. The first kappa shape index (κ1) is 26.6. The number of likely N-dealkylation sites (tertiary alicyclic amines) is 1. The highest BCUT2D eigenvalue weighted by Crippen LogP contribution is 2.45. The molecule has 0 bridgehead atoms. The quantitative estimate of drug-likeness (QED) is 0.275. The molecular weight excluding hydrogens is 559 g/mol. The van der Waals surface area contributed by atoms with Crippen LogP contribution >= 0.6 is 11.6 Å². The van der Waals surface area contributed by atoms with Gasteiger partial charge in [-0.15, -0.1) is 0 Å². The maximum atomic E-state index is 14.6. The number of H-pyrrole nitrogens is 1. The van der Waals surface area contributed by atoms with Crippen LogP contribution in [-0.4, -0.2) is 46.0 Å². The van der Waals surface area contributed by atoms with Crippen LogP contribution in [0.2, 0.25) is 5.02 Å². The highest BCUT2D eigenvalue weighted by Gasteiger charge is 2.55. The first-order valence-electron chi connectivity index (χ1n) is 12.6. The minimum Gasteiger partial charge on any atom is -0.350 e. The lowest BCUT2D eigenvalue weighted by Gasteiger charge is -2.26. The molecule has 1 spiro atoms. The molecule has 12 heteroatoms. The maximum Gasteiger partial charge on any atom is 0.268 e. The molecule has 1 saturated heterocycles. The number of carbonyl (C=O) groups excluding carboxylic acids is 3. The number of amides is 3. The van der Waals surface area contributed by atoms with Crippen LogP contribution in [0.25, 0.3) is 10.9 Å². The molecule has 41 heavy (non-hydrogen) atoms. The number of carbonyl (C=O) groups is 3. The Morgan fingerprint density at radius 3 is 2.63 bits per heavy atom. The normalized spacial score (nSPS) is 18.6. The first-order chi connectivity index (χ1) is 19.6. The van der Waals surface area contributed by atoms with Crippen molar-refractivity contribution >= 4 is 51.7 Å². The van der Waals surface area contributed by atoms with E-state index in [9.17, 15) is 27.6 Å². The second-order valence-electron chi connectivity index (χ2n) is 10.1. The van der Waals surface area contributed by atoms with Crippen LogP contribution in [0.3, 0.4) is 0 Å². The van der Waals surface area contributed by atoms with Gasteiger partial charge in [0.25, 0.3) is 11.8 Å². The van der Waals surface area contributed by atoms with Crippen molar-refractivity contribution in [3.8, 4) is 0 Å². The number of halogens is 4. The van der Waals surface area contributed by atoms with E-state index < -0.39 is 46.6 Å². The van der Waals surface area contributed by atoms with E-state index in [1.165, 1.54) is 24.3 Å². The summed E-state index contributed by atoms with van der Waals surface area (Å²) in [5, 5.41) is 14.3. The van der Waals surface area contributed by atoms with E-state index in [4.69, 9.17) is 17.0 Å². The molecule has 1 aromatic heterocycles. The zero-order valence-corrected chi connectivity index (χ0v) is 21.9. The molecule has 2 atom stereocenters. The molecule has 2 aliphatic heterocycles. The predicted molar refractivity (Wildman–Crippen MR) is 145 cm³/mol. The standard InChI is InChI=1S/C29H21ClF3N5O3/c30-15-5-6-21-18(8-15)29(28(41)37-21)12-25(34)38(13-29)27(40)24(7-14-3-1-2-4-19(14)32)36-26(39)23-11-17-20(33)9-16(31)10-22(17)35-23/h1-6,8-11,24,34-35H,7,12-13H2,(H,36,39)(H,37,41)/t24-,29-/m0/s1. The number of hydrogen-bond acceptors (Lipinski definition) is 4. The Hall–Kier alpha value is -4.64. The molecule has 8 nitrogen and oxygen atoms in total. The van der Waals surface area contributed by atoms with Gasteiger partial charge in [0.2, 0.25) is 5.91 Å². The van der Waals surface area contributed by atoms with Gasteiger partial charge in [-0.25, -0.2) is 13.2 Å². The molecule has 0 saturated carbocycles.